The summed E-state index contributed by atoms with van der Waals surface area (Å²) in [6, 6.07) is -0.571. The third-order valence-corrected chi connectivity index (χ3v) is 4.90. The summed E-state index contributed by atoms with van der Waals surface area (Å²) in [7, 11) is -4.83. The van der Waals surface area contributed by atoms with Gasteiger partial charge in [0.2, 0.25) is 15.8 Å². The van der Waals surface area contributed by atoms with Gasteiger partial charge in [0.1, 0.15) is 0 Å². The van der Waals surface area contributed by atoms with Crippen molar-refractivity contribution < 1.29 is 30.4 Å². The Morgan fingerprint density at radius 1 is 0.762 bits per heavy atom. The van der Waals surface area contributed by atoms with E-state index in [9.17, 15) is 30.4 Å². The van der Waals surface area contributed by atoms with Gasteiger partial charge in [0.15, 0.2) is 28.2 Å². The molecule has 3 nitrogen and oxygen atoms in total. The van der Waals surface area contributed by atoms with E-state index in [0.717, 1.165) is 19.3 Å². The summed E-state index contributed by atoms with van der Waals surface area (Å²) in [5.74, 6) is -11.7. The van der Waals surface area contributed by atoms with Crippen LogP contribution in [0.1, 0.15) is 32.1 Å². The van der Waals surface area contributed by atoms with E-state index in [0.29, 0.717) is 12.8 Å². The topological polar surface area (TPSA) is 46.2 Å². The highest BCUT2D eigenvalue weighted by atomic mass is 32.2. The lowest BCUT2D eigenvalue weighted by molar-refractivity contribution is 0.355. The molecule has 0 bridgehead atoms. The first kappa shape index (κ1) is 16.2. The predicted molar refractivity (Wildman–Crippen MR) is 63.4 cm³/mol. The molecular formula is C12H12F5NO2S. The second-order valence-corrected chi connectivity index (χ2v) is 6.51. The molecule has 9 heteroatoms. The van der Waals surface area contributed by atoms with Crippen molar-refractivity contribution in [1.82, 2.24) is 4.72 Å². The molecule has 21 heavy (non-hydrogen) atoms. The van der Waals surface area contributed by atoms with Crippen LogP contribution in [0.3, 0.4) is 0 Å². The summed E-state index contributed by atoms with van der Waals surface area (Å²) in [6.07, 6.45) is 3.26. The van der Waals surface area contributed by atoms with Crippen LogP contribution in [0.5, 0.6) is 0 Å². The summed E-state index contributed by atoms with van der Waals surface area (Å²) in [5.41, 5.74) is 0. The molecular weight excluding hydrogens is 317 g/mol. The lowest BCUT2D eigenvalue weighted by Gasteiger charge is -2.22. The van der Waals surface area contributed by atoms with Crippen LogP contribution >= 0.6 is 0 Å². The Hall–Kier alpha value is -1.22. The average molecular weight is 329 g/mol. The second-order valence-electron chi connectivity index (χ2n) is 4.86. The van der Waals surface area contributed by atoms with Gasteiger partial charge < -0.3 is 0 Å². The SMILES string of the molecule is O=S(=O)(NC1CCCCC1)c1c(F)c(F)c(F)c(F)c1F. The third kappa shape index (κ3) is 3.03. The Morgan fingerprint density at radius 3 is 1.67 bits per heavy atom. The highest BCUT2D eigenvalue weighted by Crippen LogP contribution is 2.28. The van der Waals surface area contributed by atoms with Gasteiger partial charge in [-0.2, -0.15) is 0 Å². The van der Waals surface area contributed by atoms with Gasteiger partial charge in [-0.25, -0.2) is 35.1 Å². The van der Waals surface area contributed by atoms with Crippen molar-refractivity contribution in [3.05, 3.63) is 29.1 Å². The van der Waals surface area contributed by atoms with Crippen molar-refractivity contribution in [3.63, 3.8) is 0 Å². The smallest absolute Gasteiger partial charge is 0.208 e. The zero-order valence-corrected chi connectivity index (χ0v) is 11.5. The number of sulfonamides is 1. The van der Waals surface area contributed by atoms with Crippen LogP contribution in [0.4, 0.5) is 22.0 Å². The molecule has 0 unspecified atom stereocenters. The van der Waals surface area contributed by atoms with E-state index in [1.807, 2.05) is 4.72 Å². The lowest BCUT2D eigenvalue weighted by atomic mass is 9.96. The molecule has 0 radical (unpaired) electrons. The van der Waals surface area contributed by atoms with Crippen molar-refractivity contribution in [3.8, 4) is 0 Å². The summed E-state index contributed by atoms with van der Waals surface area (Å²) in [4.78, 5) is -1.83. The zero-order valence-electron chi connectivity index (χ0n) is 10.7. The first-order valence-electron chi connectivity index (χ1n) is 6.29. The fourth-order valence-electron chi connectivity index (χ4n) is 2.32. The maximum absolute atomic E-state index is 13.5. The molecule has 0 saturated heterocycles. The van der Waals surface area contributed by atoms with Crippen LogP contribution < -0.4 is 4.72 Å². The highest BCUT2D eigenvalue weighted by Gasteiger charge is 2.34. The molecule has 1 aromatic carbocycles. The monoisotopic (exact) mass is 329 g/mol. The molecule has 0 heterocycles. The molecule has 1 aliphatic carbocycles. The largest absolute Gasteiger partial charge is 0.246 e. The summed E-state index contributed by atoms with van der Waals surface area (Å²) < 4.78 is 91.9. The predicted octanol–water partition coefficient (Wildman–Crippen LogP) is 2.99. The quantitative estimate of drug-likeness (QED) is 0.526. The van der Waals surface area contributed by atoms with Crippen LogP contribution in [-0.4, -0.2) is 14.5 Å². The van der Waals surface area contributed by atoms with Crippen LogP contribution in [0.15, 0.2) is 4.90 Å². The van der Waals surface area contributed by atoms with Crippen LogP contribution in [0.25, 0.3) is 0 Å². The van der Waals surface area contributed by atoms with E-state index in [2.05, 4.69) is 0 Å². The van der Waals surface area contributed by atoms with Gasteiger partial charge in [-0.1, -0.05) is 19.3 Å². The van der Waals surface area contributed by atoms with Crippen molar-refractivity contribution in [2.24, 2.45) is 0 Å². The van der Waals surface area contributed by atoms with Gasteiger partial charge in [-0.05, 0) is 12.8 Å². The number of benzene rings is 1. The Balaban J connectivity index is 2.45. The fourth-order valence-corrected chi connectivity index (χ4v) is 3.76. The number of hydrogen-bond acceptors (Lipinski definition) is 2. The van der Waals surface area contributed by atoms with E-state index in [1.165, 1.54) is 0 Å². The van der Waals surface area contributed by atoms with Crippen molar-refractivity contribution in [2.45, 2.75) is 43.0 Å². The lowest BCUT2D eigenvalue weighted by Crippen LogP contribution is -2.37. The third-order valence-electron chi connectivity index (χ3n) is 3.37. The minimum Gasteiger partial charge on any atom is -0.208 e. The van der Waals surface area contributed by atoms with E-state index in [4.69, 9.17) is 0 Å². The Kier molecular flexibility index (Phi) is 4.52. The normalized spacial score (nSPS) is 17.2. The second kappa shape index (κ2) is 5.88. The molecule has 1 aliphatic rings. The van der Waals surface area contributed by atoms with Gasteiger partial charge in [0.05, 0.1) is 0 Å². The molecule has 1 saturated carbocycles. The zero-order chi connectivity index (χ0) is 15.8. The standard InChI is InChI=1S/C12H12F5NO2S/c13-7-8(14)10(16)12(11(17)9(7)15)21(19,20)18-6-4-2-1-3-5-6/h6,18H,1-5H2. The first-order chi connectivity index (χ1) is 9.75. The highest BCUT2D eigenvalue weighted by molar-refractivity contribution is 7.89. The Bertz CT molecular complexity index is 627. The van der Waals surface area contributed by atoms with E-state index >= 15 is 0 Å². The van der Waals surface area contributed by atoms with Gasteiger partial charge in [0.25, 0.3) is 0 Å². The molecule has 118 valence electrons. The maximum atomic E-state index is 13.5. The van der Waals surface area contributed by atoms with Crippen molar-refractivity contribution >= 4 is 10.0 Å². The van der Waals surface area contributed by atoms with Crippen molar-refractivity contribution in [1.29, 1.82) is 0 Å². The van der Waals surface area contributed by atoms with E-state index < -0.39 is 50.0 Å². The summed E-state index contributed by atoms with van der Waals surface area (Å²) in [6.45, 7) is 0. The average Bonchev–Trinajstić information content (AvgIpc) is 2.43. The molecule has 0 aliphatic heterocycles. The molecule has 0 spiro atoms. The number of rotatable bonds is 3. The molecule has 0 atom stereocenters. The van der Waals surface area contributed by atoms with Crippen molar-refractivity contribution in [2.75, 3.05) is 0 Å². The Morgan fingerprint density at radius 2 is 1.19 bits per heavy atom. The van der Waals surface area contributed by atoms with Crippen LogP contribution in [0.2, 0.25) is 0 Å². The van der Waals surface area contributed by atoms with E-state index in [1.54, 1.807) is 0 Å². The van der Waals surface area contributed by atoms with Gasteiger partial charge in [-0.3, -0.25) is 0 Å². The van der Waals surface area contributed by atoms with E-state index in [-0.39, 0.29) is 0 Å². The van der Waals surface area contributed by atoms with Gasteiger partial charge in [0, 0.05) is 6.04 Å². The van der Waals surface area contributed by atoms with Gasteiger partial charge in [-0.15, -0.1) is 0 Å². The minimum atomic E-state index is -4.83. The Labute approximate surface area is 118 Å². The fraction of sp³-hybridized carbons (Fsp3) is 0.500. The minimum absolute atomic E-state index is 0.453. The molecule has 0 aromatic heterocycles. The first-order valence-corrected chi connectivity index (χ1v) is 7.77. The molecule has 2 rings (SSSR count). The van der Waals surface area contributed by atoms with Crippen LogP contribution in [-0.2, 0) is 10.0 Å². The summed E-state index contributed by atoms with van der Waals surface area (Å²) in [5, 5.41) is 0. The van der Waals surface area contributed by atoms with Crippen LogP contribution in [0, 0.1) is 29.1 Å². The summed E-state index contributed by atoms with van der Waals surface area (Å²) >= 11 is 0. The number of halogens is 5. The molecule has 1 N–H and O–H groups in total. The molecule has 0 amide bonds. The molecule has 1 fully saturated rings. The number of nitrogens with one attached hydrogen (secondary N) is 1. The maximum Gasteiger partial charge on any atom is 0.246 e. The molecule has 1 aromatic rings. The number of hydrogen-bond donors (Lipinski definition) is 1. The van der Waals surface area contributed by atoms with Gasteiger partial charge >= 0.3 is 0 Å².